The Kier molecular flexibility index (Phi) is 5.04. The second-order valence-electron chi connectivity index (χ2n) is 2.46. The molecular weight excluding hydrogens is 186 g/mol. The highest BCUT2D eigenvalue weighted by atomic mass is 35.5. The topological polar surface area (TPSA) is 46.2 Å². The Bertz CT molecular complexity index is 191. The maximum absolute atomic E-state index is 10.5. The third-order valence-electron chi connectivity index (χ3n) is 1.26. The normalized spacial score (nSPS) is 14.8. The van der Waals surface area contributed by atoms with Crippen molar-refractivity contribution < 1.29 is 8.42 Å². The van der Waals surface area contributed by atoms with Gasteiger partial charge in [0.05, 0.1) is 6.26 Å². The fourth-order valence-electron chi connectivity index (χ4n) is 0.605. The van der Waals surface area contributed by atoms with Crippen LogP contribution in [-0.4, -0.2) is 26.6 Å². The van der Waals surface area contributed by atoms with Crippen molar-refractivity contribution in [3.8, 4) is 0 Å². The van der Waals surface area contributed by atoms with E-state index < -0.39 is 10.0 Å². The van der Waals surface area contributed by atoms with E-state index in [-0.39, 0.29) is 5.38 Å². The maximum Gasteiger partial charge on any atom is 0.208 e. The molecule has 0 bridgehead atoms. The van der Waals surface area contributed by atoms with Gasteiger partial charge in [0.2, 0.25) is 10.0 Å². The second-order valence-corrected chi connectivity index (χ2v) is 4.91. The summed E-state index contributed by atoms with van der Waals surface area (Å²) in [6.07, 6.45) is 2.69. The lowest BCUT2D eigenvalue weighted by Crippen LogP contribution is -2.24. The number of sulfonamides is 1. The molecule has 0 aromatic heterocycles. The summed E-state index contributed by atoms with van der Waals surface area (Å²) < 4.78 is 23.5. The zero-order valence-electron chi connectivity index (χ0n) is 6.80. The van der Waals surface area contributed by atoms with E-state index in [1.165, 1.54) is 0 Å². The summed E-state index contributed by atoms with van der Waals surface area (Å²) in [5.74, 6) is 0. The summed E-state index contributed by atoms with van der Waals surface area (Å²) in [6.45, 7) is 2.40. The molecule has 0 fully saturated rings. The van der Waals surface area contributed by atoms with Crippen LogP contribution in [0.25, 0.3) is 0 Å². The van der Waals surface area contributed by atoms with Crippen LogP contribution in [0, 0.1) is 0 Å². The lowest BCUT2D eigenvalue weighted by atomic mass is 10.2. The zero-order valence-corrected chi connectivity index (χ0v) is 8.37. The molecule has 0 aliphatic carbocycles. The molecule has 1 atom stereocenters. The molecule has 68 valence electrons. The first-order valence-corrected chi connectivity index (χ1v) is 5.87. The van der Waals surface area contributed by atoms with Gasteiger partial charge < -0.3 is 0 Å². The molecule has 0 aromatic carbocycles. The molecule has 3 nitrogen and oxygen atoms in total. The molecule has 5 heteroatoms. The van der Waals surface area contributed by atoms with Crippen LogP contribution in [0.3, 0.4) is 0 Å². The third-order valence-corrected chi connectivity index (χ3v) is 2.52. The molecule has 0 aliphatic heterocycles. The molecule has 0 saturated heterocycles. The van der Waals surface area contributed by atoms with Gasteiger partial charge in [0, 0.05) is 11.9 Å². The van der Waals surface area contributed by atoms with Gasteiger partial charge in [0.25, 0.3) is 0 Å². The number of alkyl halides is 1. The Labute approximate surface area is 73.2 Å². The van der Waals surface area contributed by atoms with Crippen molar-refractivity contribution in [2.24, 2.45) is 0 Å². The molecule has 0 saturated carbocycles. The van der Waals surface area contributed by atoms with E-state index in [2.05, 4.69) is 4.72 Å². The lowest BCUT2D eigenvalue weighted by Gasteiger charge is -2.05. The van der Waals surface area contributed by atoms with Crippen LogP contribution in [-0.2, 0) is 10.0 Å². The number of halogens is 1. The Balaban J connectivity index is 3.43. The summed E-state index contributed by atoms with van der Waals surface area (Å²) >= 11 is 5.76. The van der Waals surface area contributed by atoms with Gasteiger partial charge in [-0.3, -0.25) is 0 Å². The van der Waals surface area contributed by atoms with Crippen molar-refractivity contribution >= 4 is 21.6 Å². The van der Waals surface area contributed by atoms with Crippen molar-refractivity contribution in [2.75, 3.05) is 12.8 Å². The first-order chi connectivity index (χ1) is 4.95. The van der Waals surface area contributed by atoms with Crippen LogP contribution in [0.4, 0.5) is 0 Å². The van der Waals surface area contributed by atoms with Crippen LogP contribution < -0.4 is 4.72 Å². The monoisotopic (exact) mass is 199 g/mol. The molecule has 0 spiro atoms. The second kappa shape index (κ2) is 4.95. The minimum Gasteiger partial charge on any atom is -0.215 e. The summed E-state index contributed by atoms with van der Waals surface area (Å²) in [4.78, 5) is 0. The van der Waals surface area contributed by atoms with Gasteiger partial charge >= 0.3 is 0 Å². The van der Waals surface area contributed by atoms with Crippen molar-refractivity contribution in [3.05, 3.63) is 0 Å². The minimum atomic E-state index is -3.04. The van der Waals surface area contributed by atoms with E-state index in [0.29, 0.717) is 13.0 Å². The molecule has 11 heavy (non-hydrogen) atoms. The minimum absolute atomic E-state index is 0.0734. The first-order valence-electron chi connectivity index (χ1n) is 3.54. The van der Waals surface area contributed by atoms with E-state index in [4.69, 9.17) is 11.6 Å². The number of nitrogens with one attached hydrogen (secondary N) is 1. The summed E-state index contributed by atoms with van der Waals surface area (Å²) in [5, 5.41) is 0.0734. The molecule has 0 amide bonds. The van der Waals surface area contributed by atoms with Gasteiger partial charge in [0.1, 0.15) is 0 Å². The lowest BCUT2D eigenvalue weighted by molar-refractivity contribution is 0.582. The molecule has 0 rings (SSSR count). The Morgan fingerprint density at radius 1 is 1.55 bits per heavy atom. The largest absolute Gasteiger partial charge is 0.215 e. The van der Waals surface area contributed by atoms with Gasteiger partial charge in [-0.2, -0.15) is 0 Å². The molecule has 1 N–H and O–H groups in total. The smallest absolute Gasteiger partial charge is 0.208 e. The van der Waals surface area contributed by atoms with Crippen LogP contribution in [0.15, 0.2) is 0 Å². The molecule has 1 unspecified atom stereocenters. The van der Waals surface area contributed by atoms with Crippen LogP contribution >= 0.6 is 11.6 Å². The predicted molar refractivity (Wildman–Crippen MR) is 47.4 cm³/mol. The highest BCUT2D eigenvalue weighted by Gasteiger charge is 2.03. The fourth-order valence-corrected chi connectivity index (χ4v) is 1.20. The summed E-state index contributed by atoms with van der Waals surface area (Å²) in [6, 6.07) is 0. The van der Waals surface area contributed by atoms with Gasteiger partial charge in [0.15, 0.2) is 0 Å². The van der Waals surface area contributed by atoms with Gasteiger partial charge in [-0.05, 0) is 12.8 Å². The van der Waals surface area contributed by atoms with Gasteiger partial charge in [-0.1, -0.05) is 6.92 Å². The summed E-state index contributed by atoms with van der Waals surface area (Å²) in [7, 11) is -3.04. The number of hydrogen-bond donors (Lipinski definition) is 1. The van der Waals surface area contributed by atoms with Crippen molar-refractivity contribution in [2.45, 2.75) is 25.1 Å². The SMILES string of the molecule is CCC(Cl)CCNS(C)(=O)=O. The van der Waals surface area contributed by atoms with Gasteiger partial charge in [-0.15, -0.1) is 11.6 Å². The molecule has 0 aromatic rings. The molecular formula is C6H14ClNO2S. The Morgan fingerprint density at radius 2 is 2.09 bits per heavy atom. The van der Waals surface area contributed by atoms with E-state index >= 15 is 0 Å². The van der Waals surface area contributed by atoms with E-state index in [9.17, 15) is 8.42 Å². The Hall–Kier alpha value is 0.200. The van der Waals surface area contributed by atoms with Crippen LogP contribution in [0.1, 0.15) is 19.8 Å². The van der Waals surface area contributed by atoms with Crippen molar-refractivity contribution in [3.63, 3.8) is 0 Å². The highest BCUT2D eigenvalue weighted by molar-refractivity contribution is 7.88. The molecule has 0 heterocycles. The highest BCUT2D eigenvalue weighted by Crippen LogP contribution is 2.04. The first kappa shape index (κ1) is 11.2. The van der Waals surface area contributed by atoms with Crippen LogP contribution in [0.2, 0.25) is 0 Å². The summed E-state index contributed by atoms with van der Waals surface area (Å²) in [5.41, 5.74) is 0. The average molecular weight is 200 g/mol. The van der Waals surface area contributed by atoms with E-state index in [0.717, 1.165) is 12.7 Å². The quantitative estimate of drug-likeness (QED) is 0.670. The van der Waals surface area contributed by atoms with Gasteiger partial charge in [-0.25, -0.2) is 13.1 Å². The van der Waals surface area contributed by atoms with E-state index in [1.54, 1.807) is 0 Å². The third kappa shape index (κ3) is 8.10. The van der Waals surface area contributed by atoms with E-state index in [1.807, 2.05) is 6.92 Å². The number of hydrogen-bond acceptors (Lipinski definition) is 2. The molecule has 0 aliphatic rings. The zero-order chi connectivity index (χ0) is 8.91. The number of rotatable bonds is 5. The van der Waals surface area contributed by atoms with Crippen molar-refractivity contribution in [1.82, 2.24) is 4.72 Å². The Morgan fingerprint density at radius 3 is 2.45 bits per heavy atom. The van der Waals surface area contributed by atoms with Crippen molar-refractivity contribution in [1.29, 1.82) is 0 Å². The maximum atomic E-state index is 10.5. The predicted octanol–water partition coefficient (Wildman–Crippen LogP) is 0.943. The molecule has 0 radical (unpaired) electrons. The average Bonchev–Trinajstić information content (AvgIpc) is 1.85. The van der Waals surface area contributed by atoms with Crippen LogP contribution in [0.5, 0.6) is 0 Å². The standard InChI is InChI=1S/C6H14ClNO2S/c1-3-6(7)4-5-8-11(2,9)10/h6,8H,3-5H2,1-2H3. The fraction of sp³-hybridized carbons (Fsp3) is 1.00.